The summed E-state index contributed by atoms with van der Waals surface area (Å²) in [6.07, 6.45) is 2.56. The molecule has 0 spiro atoms. The van der Waals surface area contributed by atoms with Crippen molar-refractivity contribution in [2.45, 2.75) is 37.1 Å². The van der Waals surface area contributed by atoms with Crippen molar-refractivity contribution in [1.29, 1.82) is 0 Å². The average Bonchev–Trinajstić information content (AvgIpc) is 3.43. The number of methoxy groups -OCH3 is 1. The molecular formula is C20H22N2O4S. The minimum Gasteiger partial charge on any atom is -0.495 e. The van der Waals surface area contributed by atoms with Crippen LogP contribution < -0.4 is 14.4 Å². The number of anilines is 2. The van der Waals surface area contributed by atoms with Crippen molar-refractivity contribution in [3.63, 3.8) is 0 Å². The third-order valence-electron chi connectivity index (χ3n) is 5.09. The summed E-state index contributed by atoms with van der Waals surface area (Å²) in [5.41, 5.74) is 2.11. The first-order valence-electron chi connectivity index (χ1n) is 9.02. The predicted octanol–water partition coefficient (Wildman–Crippen LogP) is 3.18. The van der Waals surface area contributed by atoms with Gasteiger partial charge in [-0.05, 0) is 62.1 Å². The first-order valence-corrected chi connectivity index (χ1v) is 10.5. The van der Waals surface area contributed by atoms with E-state index in [2.05, 4.69) is 4.72 Å². The second kappa shape index (κ2) is 6.56. The first kappa shape index (κ1) is 17.9. The molecule has 27 heavy (non-hydrogen) atoms. The molecule has 1 unspecified atom stereocenters. The number of nitrogens with one attached hydrogen (secondary N) is 1. The zero-order valence-electron chi connectivity index (χ0n) is 15.3. The number of ether oxygens (including phenoxy) is 1. The van der Waals surface area contributed by atoms with Crippen LogP contribution in [0.4, 0.5) is 11.4 Å². The summed E-state index contributed by atoms with van der Waals surface area (Å²) >= 11 is 0. The Labute approximate surface area is 159 Å². The molecule has 0 saturated heterocycles. The zero-order chi connectivity index (χ0) is 19.2. The SMILES string of the molecule is COc1ccccc1NS(=O)(=O)c1ccc2c(c1)CC(C)N2C(=O)C1CC1. The smallest absolute Gasteiger partial charge is 0.262 e. The Kier molecular flexibility index (Phi) is 4.34. The highest BCUT2D eigenvalue weighted by molar-refractivity contribution is 7.92. The lowest BCUT2D eigenvalue weighted by Crippen LogP contribution is -2.36. The second-order valence-electron chi connectivity index (χ2n) is 7.13. The van der Waals surface area contributed by atoms with E-state index in [1.54, 1.807) is 42.5 Å². The summed E-state index contributed by atoms with van der Waals surface area (Å²) in [6.45, 7) is 2.00. The van der Waals surface area contributed by atoms with Crippen LogP contribution in [0.15, 0.2) is 47.4 Å². The maximum absolute atomic E-state index is 12.8. The van der Waals surface area contributed by atoms with Crippen molar-refractivity contribution in [1.82, 2.24) is 0 Å². The number of nitrogens with zero attached hydrogens (tertiary/aromatic N) is 1. The van der Waals surface area contributed by atoms with Crippen LogP contribution in [-0.2, 0) is 21.2 Å². The monoisotopic (exact) mass is 386 g/mol. The number of para-hydroxylation sites is 2. The van der Waals surface area contributed by atoms with Gasteiger partial charge in [-0.1, -0.05) is 12.1 Å². The molecule has 0 bridgehead atoms. The fourth-order valence-corrected chi connectivity index (χ4v) is 4.69. The molecule has 1 N–H and O–H groups in total. The van der Waals surface area contributed by atoms with E-state index in [9.17, 15) is 13.2 Å². The van der Waals surface area contributed by atoms with Crippen LogP contribution in [0, 0.1) is 5.92 Å². The summed E-state index contributed by atoms with van der Waals surface area (Å²) in [5, 5.41) is 0. The van der Waals surface area contributed by atoms with Gasteiger partial charge in [-0.15, -0.1) is 0 Å². The lowest BCUT2D eigenvalue weighted by atomic mass is 10.1. The molecule has 2 aliphatic rings. The highest BCUT2D eigenvalue weighted by Crippen LogP contribution is 2.39. The van der Waals surface area contributed by atoms with Gasteiger partial charge in [0.25, 0.3) is 10.0 Å². The number of amides is 1. The van der Waals surface area contributed by atoms with Crippen molar-refractivity contribution in [2.75, 3.05) is 16.7 Å². The minimum absolute atomic E-state index is 0.0493. The first-order chi connectivity index (χ1) is 12.9. The van der Waals surface area contributed by atoms with Gasteiger partial charge < -0.3 is 9.64 Å². The van der Waals surface area contributed by atoms with E-state index in [1.807, 2.05) is 11.8 Å². The summed E-state index contributed by atoms with van der Waals surface area (Å²) in [5.74, 6) is 0.745. The number of fused-ring (bicyclic) bond motifs is 1. The van der Waals surface area contributed by atoms with Crippen LogP contribution in [-0.4, -0.2) is 27.5 Å². The molecule has 0 radical (unpaired) electrons. The van der Waals surface area contributed by atoms with Crippen molar-refractivity contribution >= 4 is 27.3 Å². The molecule has 7 heteroatoms. The van der Waals surface area contributed by atoms with Gasteiger partial charge in [0, 0.05) is 17.6 Å². The van der Waals surface area contributed by atoms with Gasteiger partial charge in [0.15, 0.2) is 0 Å². The van der Waals surface area contributed by atoms with Gasteiger partial charge in [0.1, 0.15) is 5.75 Å². The Hall–Kier alpha value is -2.54. The van der Waals surface area contributed by atoms with Gasteiger partial charge in [-0.25, -0.2) is 8.42 Å². The second-order valence-corrected chi connectivity index (χ2v) is 8.81. The summed E-state index contributed by atoms with van der Waals surface area (Å²) in [7, 11) is -2.26. The topological polar surface area (TPSA) is 75.7 Å². The quantitative estimate of drug-likeness (QED) is 0.856. The number of carbonyl (C=O) groups is 1. The summed E-state index contributed by atoms with van der Waals surface area (Å²) in [6, 6.07) is 11.9. The van der Waals surface area contributed by atoms with Crippen LogP contribution >= 0.6 is 0 Å². The molecule has 0 aromatic heterocycles. The van der Waals surface area contributed by atoms with Crippen LogP contribution in [0.1, 0.15) is 25.3 Å². The number of benzene rings is 2. The van der Waals surface area contributed by atoms with E-state index in [0.717, 1.165) is 24.1 Å². The van der Waals surface area contributed by atoms with Crippen molar-refractivity contribution < 1.29 is 17.9 Å². The molecule has 1 heterocycles. The van der Waals surface area contributed by atoms with Gasteiger partial charge in [-0.2, -0.15) is 0 Å². The molecule has 6 nitrogen and oxygen atoms in total. The van der Waals surface area contributed by atoms with Crippen LogP contribution in [0.25, 0.3) is 0 Å². The van der Waals surface area contributed by atoms with Crippen LogP contribution in [0.5, 0.6) is 5.75 Å². The standard InChI is InChI=1S/C20H22N2O4S/c1-13-11-15-12-16(9-10-18(15)22(13)20(23)14-7-8-14)27(24,25)21-17-5-3-4-6-19(17)26-2/h3-6,9-10,12-14,21H,7-8,11H2,1-2H3. The maximum atomic E-state index is 12.8. The van der Waals surface area contributed by atoms with E-state index < -0.39 is 10.0 Å². The lowest BCUT2D eigenvalue weighted by molar-refractivity contribution is -0.120. The minimum atomic E-state index is -3.76. The Bertz CT molecular complexity index is 999. The molecule has 2 aromatic rings. The Balaban J connectivity index is 1.64. The van der Waals surface area contributed by atoms with Gasteiger partial charge in [0.2, 0.25) is 5.91 Å². The highest BCUT2D eigenvalue weighted by Gasteiger charge is 2.39. The molecule has 1 fully saturated rings. The van der Waals surface area contributed by atoms with E-state index in [1.165, 1.54) is 7.11 Å². The molecule has 4 rings (SSSR count). The number of carbonyl (C=O) groups excluding carboxylic acids is 1. The van der Waals surface area contributed by atoms with E-state index >= 15 is 0 Å². The number of sulfonamides is 1. The van der Waals surface area contributed by atoms with E-state index in [0.29, 0.717) is 17.9 Å². The van der Waals surface area contributed by atoms with Crippen molar-refractivity contribution in [3.8, 4) is 5.75 Å². The largest absolute Gasteiger partial charge is 0.495 e. The molecule has 1 aliphatic carbocycles. The lowest BCUT2D eigenvalue weighted by Gasteiger charge is -2.22. The Morgan fingerprint density at radius 3 is 2.63 bits per heavy atom. The molecule has 142 valence electrons. The Morgan fingerprint density at radius 2 is 1.93 bits per heavy atom. The number of hydrogen-bond acceptors (Lipinski definition) is 4. The molecule has 2 aromatic carbocycles. The van der Waals surface area contributed by atoms with Crippen molar-refractivity contribution in [2.24, 2.45) is 5.92 Å². The summed E-state index contributed by atoms with van der Waals surface area (Å²) in [4.78, 5) is 14.6. The fourth-order valence-electron chi connectivity index (χ4n) is 3.57. The molecule has 1 saturated carbocycles. The fraction of sp³-hybridized carbons (Fsp3) is 0.350. The van der Waals surface area contributed by atoms with Gasteiger partial charge in [0.05, 0.1) is 17.7 Å². The van der Waals surface area contributed by atoms with Crippen LogP contribution in [0.2, 0.25) is 0 Å². The zero-order valence-corrected chi connectivity index (χ0v) is 16.1. The predicted molar refractivity (Wildman–Crippen MR) is 104 cm³/mol. The Morgan fingerprint density at radius 1 is 1.19 bits per heavy atom. The number of rotatable bonds is 5. The molecular weight excluding hydrogens is 364 g/mol. The van der Waals surface area contributed by atoms with E-state index in [-0.39, 0.29) is 22.8 Å². The van der Waals surface area contributed by atoms with Gasteiger partial charge >= 0.3 is 0 Å². The number of hydrogen-bond donors (Lipinski definition) is 1. The summed E-state index contributed by atoms with van der Waals surface area (Å²) < 4.78 is 33.5. The van der Waals surface area contributed by atoms with Crippen molar-refractivity contribution in [3.05, 3.63) is 48.0 Å². The van der Waals surface area contributed by atoms with Crippen LogP contribution in [0.3, 0.4) is 0 Å². The third kappa shape index (κ3) is 3.27. The highest BCUT2D eigenvalue weighted by atomic mass is 32.2. The average molecular weight is 386 g/mol. The third-order valence-corrected chi connectivity index (χ3v) is 6.46. The molecule has 1 aliphatic heterocycles. The van der Waals surface area contributed by atoms with E-state index in [4.69, 9.17) is 4.74 Å². The molecule has 1 atom stereocenters. The molecule has 1 amide bonds. The normalized spacial score (nSPS) is 18.9. The van der Waals surface area contributed by atoms with Gasteiger partial charge in [-0.3, -0.25) is 9.52 Å². The maximum Gasteiger partial charge on any atom is 0.262 e.